The van der Waals surface area contributed by atoms with E-state index >= 15 is 0 Å². The van der Waals surface area contributed by atoms with Crippen LogP contribution < -0.4 is 0 Å². The monoisotopic (exact) mass is 626 g/mol. The molecule has 1 saturated heterocycles. The molecule has 1 fully saturated rings. The number of carbonyl (C=O) groups excluding carboxylic acids is 3. The average Bonchev–Trinajstić information content (AvgIpc) is 3.09. The van der Waals surface area contributed by atoms with Gasteiger partial charge >= 0.3 is 0 Å². The van der Waals surface area contributed by atoms with Crippen molar-refractivity contribution in [1.29, 1.82) is 0 Å². The fourth-order valence-electron chi connectivity index (χ4n) is 7.93. The van der Waals surface area contributed by atoms with Gasteiger partial charge in [0.1, 0.15) is 6.73 Å². The standard InChI is InChI=1S/C41H42N2O4/c1-5-7-11-25-23-36-27(13-9-14-28(36)31-18-19-33-32(37(25)31)21-22-47-24-42(3)39(33)44)26(12-8-6-2)29-17-20-35-38-30(29)15-10-16-34(38)40(45)43(4)41(35)46/h9-17,19-20,31H,5-8,18,21-24H2,1-4H3. The van der Waals surface area contributed by atoms with Crippen molar-refractivity contribution in [3.05, 3.63) is 122 Å². The molecule has 1 unspecified atom stereocenters. The molecule has 2 aliphatic carbocycles. The zero-order chi connectivity index (χ0) is 32.8. The molecule has 0 aromatic heterocycles. The molecule has 0 radical (unpaired) electrons. The van der Waals surface area contributed by atoms with Crippen molar-refractivity contribution in [3.63, 3.8) is 0 Å². The largest absolute Gasteiger partial charge is 0.361 e. The minimum atomic E-state index is -0.262. The van der Waals surface area contributed by atoms with Crippen LogP contribution in [0.4, 0.5) is 0 Å². The van der Waals surface area contributed by atoms with E-state index in [0.29, 0.717) is 24.5 Å². The molecule has 2 heterocycles. The summed E-state index contributed by atoms with van der Waals surface area (Å²) in [5.41, 5.74) is 11.8. The molecular formula is C41H42N2O4. The Bertz CT molecular complexity index is 1940. The number of likely N-dealkylation sites (N-methyl/N-ethyl adjacent to an activating group) is 1. The maximum Gasteiger partial charge on any atom is 0.261 e. The Morgan fingerprint density at radius 1 is 0.894 bits per heavy atom. The molecular weight excluding hydrogens is 584 g/mol. The number of carbonyl (C=O) groups is 3. The van der Waals surface area contributed by atoms with Crippen LogP contribution in [0.25, 0.3) is 16.3 Å². The van der Waals surface area contributed by atoms with Crippen LogP contribution >= 0.6 is 0 Å². The van der Waals surface area contributed by atoms with E-state index in [1.165, 1.54) is 32.7 Å². The van der Waals surface area contributed by atoms with Gasteiger partial charge in [0, 0.05) is 42.1 Å². The van der Waals surface area contributed by atoms with E-state index in [1.54, 1.807) is 11.9 Å². The zero-order valence-corrected chi connectivity index (χ0v) is 27.8. The van der Waals surface area contributed by atoms with Crippen molar-refractivity contribution in [2.24, 2.45) is 0 Å². The lowest BCUT2D eigenvalue weighted by atomic mass is 9.67. The third kappa shape index (κ3) is 5.10. The van der Waals surface area contributed by atoms with Gasteiger partial charge in [-0.2, -0.15) is 0 Å². The van der Waals surface area contributed by atoms with Crippen LogP contribution in [-0.2, 0) is 16.0 Å². The summed E-state index contributed by atoms with van der Waals surface area (Å²) in [7, 11) is 3.37. The normalized spacial score (nSPS) is 20.6. The summed E-state index contributed by atoms with van der Waals surface area (Å²) in [5.74, 6) is -0.327. The van der Waals surface area contributed by atoms with Crippen molar-refractivity contribution in [1.82, 2.24) is 9.80 Å². The van der Waals surface area contributed by atoms with Crippen LogP contribution in [-0.4, -0.2) is 55.0 Å². The fourth-order valence-corrected chi connectivity index (χ4v) is 7.93. The number of nitrogens with zero attached hydrogens (tertiary/aromatic N) is 2. The number of ether oxygens (including phenoxy) is 1. The molecule has 240 valence electrons. The molecule has 4 aliphatic rings. The maximum atomic E-state index is 13.5. The second kappa shape index (κ2) is 12.6. The number of amides is 3. The van der Waals surface area contributed by atoms with Gasteiger partial charge in [0.25, 0.3) is 17.7 Å². The molecule has 7 rings (SSSR count). The Hall–Kier alpha value is -4.55. The minimum absolute atomic E-state index is 0.0378. The van der Waals surface area contributed by atoms with Gasteiger partial charge in [0.05, 0.1) is 6.61 Å². The van der Waals surface area contributed by atoms with Crippen molar-refractivity contribution < 1.29 is 19.1 Å². The highest BCUT2D eigenvalue weighted by Gasteiger charge is 2.37. The van der Waals surface area contributed by atoms with Crippen LogP contribution in [0, 0.1) is 0 Å². The molecule has 6 nitrogen and oxygen atoms in total. The summed E-state index contributed by atoms with van der Waals surface area (Å²) >= 11 is 0. The van der Waals surface area contributed by atoms with E-state index in [9.17, 15) is 14.4 Å². The SMILES string of the molecule is CCCC=C1Cc2c(C(=CCCC)c3ccc4c5c(cccc35)C(=O)N(C)C4=O)cccc2C2CC=C3C(=O)N(C)COCCC3=C12. The molecule has 0 saturated carbocycles. The molecule has 0 bridgehead atoms. The maximum absolute atomic E-state index is 13.5. The fraction of sp³-hybridized carbons (Fsp3) is 0.341. The number of allylic oxidation sites excluding steroid dienone is 5. The van der Waals surface area contributed by atoms with E-state index in [1.807, 2.05) is 31.3 Å². The van der Waals surface area contributed by atoms with Crippen LogP contribution in [0.2, 0.25) is 0 Å². The van der Waals surface area contributed by atoms with Gasteiger partial charge in [-0.25, -0.2) is 0 Å². The van der Waals surface area contributed by atoms with Crippen LogP contribution in [0.5, 0.6) is 0 Å². The molecule has 3 aromatic carbocycles. The number of benzene rings is 3. The van der Waals surface area contributed by atoms with Crippen LogP contribution in [0.15, 0.2) is 89.1 Å². The Labute approximate surface area is 277 Å². The summed E-state index contributed by atoms with van der Waals surface area (Å²) in [4.78, 5) is 42.8. The summed E-state index contributed by atoms with van der Waals surface area (Å²) in [6.45, 7) is 5.30. The number of hydrogen-bond donors (Lipinski definition) is 0. The van der Waals surface area contributed by atoms with Crippen LogP contribution in [0.3, 0.4) is 0 Å². The molecule has 1 atom stereocenters. The van der Waals surface area contributed by atoms with Gasteiger partial charge in [0.15, 0.2) is 0 Å². The van der Waals surface area contributed by atoms with Crippen molar-refractivity contribution in [2.45, 2.75) is 64.7 Å². The van der Waals surface area contributed by atoms with Crippen molar-refractivity contribution >= 4 is 34.1 Å². The van der Waals surface area contributed by atoms with Gasteiger partial charge in [-0.15, -0.1) is 0 Å². The van der Waals surface area contributed by atoms with E-state index in [4.69, 9.17) is 4.74 Å². The third-order valence-electron chi connectivity index (χ3n) is 10.2. The Balaban J connectivity index is 1.43. The first kappa shape index (κ1) is 31.1. The average molecular weight is 627 g/mol. The van der Waals surface area contributed by atoms with Gasteiger partial charge in [-0.3, -0.25) is 19.3 Å². The van der Waals surface area contributed by atoms with E-state index < -0.39 is 0 Å². The van der Waals surface area contributed by atoms with Crippen molar-refractivity contribution in [2.75, 3.05) is 27.4 Å². The van der Waals surface area contributed by atoms with Gasteiger partial charge in [0.2, 0.25) is 0 Å². The lowest BCUT2D eigenvalue weighted by Crippen LogP contribution is -2.36. The Morgan fingerprint density at radius 2 is 1.66 bits per heavy atom. The second-order valence-corrected chi connectivity index (χ2v) is 13.1. The summed E-state index contributed by atoms with van der Waals surface area (Å²) in [6, 6.07) is 16.5. The molecule has 3 amide bonds. The molecule has 3 aromatic rings. The first-order valence-electron chi connectivity index (χ1n) is 17.0. The van der Waals surface area contributed by atoms with Gasteiger partial charge in [-0.05, 0) is 94.2 Å². The predicted molar refractivity (Wildman–Crippen MR) is 186 cm³/mol. The summed E-state index contributed by atoms with van der Waals surface area (Å²) in [5, 5.41) is 1.67. The lowest BCUT2D eigenvalue weighted by molar-refractivity contribution is -0.131. The highest BCUT2D eigenvalue weighted by atomic mass is 16.5. The topological polar surface area (TPSA) is 66.9 Å². The van der Waals surface area contributed by atoms with Gasteiger partial charge in [-0.1, -0.05) is 81.3 Å². The highest BCUT2D eigenvalue weighted by Crippen LogP contribution is 2.50. The number of fused-ring (bicyclic) bond motifs is 4. The van der Waals surface area contributed by atoms with Crippen LogP contribution in [0.1, 0.15) is 101 Å². The first-order valence-corrected chi connectivity index (χ1v) is 17.0. The highest BCUT2D eigenvalue weighted by molar-refractivity contribution is 6.26. The number of hydrogen-bond acceptors (Lipinski definition) is 4. The smallest absolute Gasteiger partial charge is 0.261 e. The van der Waals surface area contributed by atoms with E-state index in [2.05, 4.69) is 56.3 Å². The first-order chi connectivity index (χ1) is 22.8. The number of unbranched alkanes of at least 4 members (excludes halogenated alkanes) is 2. The summed E-state index contributed by atoms with van der Waals surface area (Å²) < 4.78 is 5.86. The third-order valence-corrected chi connectivity index (χ3v) is 10.2. The molecule has 47 heavy (non-hydrogen) atoms. The van der Waals surface area contributed by atoms with E-state index in [-0.39, 0.29) is 23.6 Å². The number of imide groups is 1. The van der Waals surface area contributed by atoms with Crippen molar-refractivity contribution in [3.8, 4) is 0 Å². The molecule has 2 aliphatic heterocycles. The second-order valence-electron chi connectivity index (χ2n) is 13.1. The number of rotatable bonds is 6. The zero-order valence-electron chi connectivity index (χ0n) is 27.8. The molecule has 0 N–H and O–H groups in total. The Morgan fingerprint density at radius 3 is 2.45 bits per heavy atom. The summed E-state index contributed by atoms with van der Waals surface area (Å²) in [6.07, 6.45) is 13.1. The minimum Gasteiger partial charge on any atom is -0.361 e. The predicted octanol–water partition coefficient (Wildman–Crippen LogP) is 8.13. The molecule has 0 spiro atoms. The van der Waals surface area contributed by atoms with E-state index in [0.717, 1.165) is 78.0 Å². The quantitative estimate of drug-likeness (QED) is 0.259. The Kier molecular flexibility index (Phi) is 8.31. The van der Waals surface area contributed by atoms with Gasteiger partial charge < -0.3 is 9.64 Å². The molecule has 6 heteroatoms. The lowest BCUT2D eigenvalue weighted by Gasteiger charge is -2.38.